The van der Waals surface area contributed by atoms with E-state index in [1.807, 2.05) is 6.92 Å². The summed E-state index contributed by atoms with van der Waals surface area (Å²) in [4.78, 5) is 10.7. The van der Waals surface area contributed by atoms with Gasteiger partial charge in [-0.25, -0.2) is 4.79 Å². The van der Waals surface area contributed by atoms with Crippen molar-refractivity contribution in [1.82, 2.24) is 9.78 Å². The predicted molar refractivity (Wildman–Crippen MR) is 47.5 cm³/mol. The summed E-state index contributed by atoms with van der Waals surface area (Å²) >= 11 is 0. The summed E-state index contributed by atoms with van der Waals surface area (Å²) in [5.74, 6) is -1.00. The number of nitrogens with zero attached hydrogens (tertiary/aromatic N) is 2. The molecular formula is C8H13N3O2. The molecule has 1 rings (SSSR count). The SMILES string of the molecule is CC(N)Cc1cn(C)nc1C(=O)O. The van der Waals surface area contributed by atoms with Crippen LogP contribution in [0.3, 0.4) is 0 Å². The zero-order valence-electron chi connectivity index (χ0n) is 7.69. The Hall–Kier alpha value is -1.36. The highest BCUT2D eigenvalue weighted by Gasteiger charge is 2.15. The summed E-state index contributed by atoms with van der Waals surface area (Å²) in [6.07, 6.45) is 2.22. The van der Waals surface area contributed by atoms with Crippen LogP contribution in [0.4, 0.5) is 0 Å². The van der Waals surface area contributed by atoms with Crippen LogP contribution in [0.5, 0.6) is 0 Å². The van der Waals surface area contributed by atoms with Gasteiger partial charge in [-0.15, -0.1) is 0 Å². The Bertz CT molecular complexity index is 317. The first kappa shape index (κ1) is 9.73. The molecule has 0 aromatic carbocycles. The summed E-state index contributed by atoms with van der Waals surface area (Å²) in [5.41, 5.74) is 6.35. The first-order valence-corrected chi connectivity index (χ1v) is 4.02. The molecule has 0 aliphatic carbocycles. The molecule has 13 heavy (non-hydrogen) atoms. The maximum Gasteiger partial charge on any atom is 0.356 e. The van der Waals surface area contributed by atoms with Crippen LogP contribution in [0.15, 0.2) is 6.20 Å². The van der Waals surface area contributed by atoms with Crippen LogP contribution in [0.2, 0.25) is 0 Å². The Morgan fingerprint density at radius 3 is 2.92 bits per heavy atom. The van der Waals surface area contributed by atoms with Crippen molar-refractivity contribution in [2.45, 2.75) is 19.4 Å². The predicted octanol–water partition coefficient (Wildman–Crippen LogP) is 0.00800. The van der Waals surface area contributed by atoms with E-state index in [9.17, 15) is 4.79 Å². The van der Waals surface area contributed by atoms with E-state index in [4.69, 9.17) is 10.8 Å². The molecule has 0 saturated heterocycles. The van der Waals surface area contributed by atoms with Gasteiger partial charge >= 0.3 is 5.97 Å². The van der Waals surface area contributed by atoms with Crippen LogP contribution in [0, 0.1) is 0 Å². The normalized spacial score (nSPS) is 12.8. The minimum Gasteiger partial charge on any atom is -0.476 e. The average molecular weight is 183 g/mol. The summed E-state index contributed by atoms with van der Waals surface area (Å²) < 4.78 is 1.49. The molecule has 0 fully saturated rings. The molecule has 0 bridgehead atoms. The van der Waals surface area contributed by atoms with Gasteiger partial charge in [0, 0.05) is 24.8 Å². The molecule has 0 spiro atoms. The number of aromatic carboxylic acids is 1. The van der Waals surface area contributed by atoms with Crippen LogP contribution in [-0.2, 0) is 13.5 Å². The molecule has 72 valence electrons. The summed E-state index contributed by atoms with van der Waals surface area (Å²) in [6.45, 7) is 1.83. The molecule has 0 aliphatic heterocycles. The zero-order chi connectivity index (χ0) is 10.0. The summed E-state index contributed by atoms with van der Waals surface area (Å²) in [5, 5.41) is 12.6. The topological polar surface area (TPSA) is 81.1 Å². The van der Waals surface area contributed by atoms with Crippen LogP contribution in [-0.4, -0.2) is 26.9 Å². The van der Waals surface area contributed by atoms with Crippen molar-refractivity contribution < 1.29 is 9.90 Å². The number of carboxylic acids is 1. The van der Waals surface area contributed by atoms with Gasteiger partial charge in [0.05, 0.1) is 0 Å². The lowest BCUT2D eigenvalue weighted by molar-refractivity contribution is 0.0688. The van der Waals surface area contributed by atoms with E-state index in [2.05, 4.69) is 5.10 Å². The number of hydrogen-bond donors (Lipinski definition) is 2. The van der Waals surface area contributed by atoms with E-state index in [0.29, 0.717) is 12.0 Å². The van der Waals surface area contributed by atoms with E-state index >= 15 is 0 Å². The van der Waals surface area contributed by atoms with Crippen molar-refractivity contribution in [3.05, 3.63) is 17.5 Å². The monoisotopic (exact) mass is 183 g/mol. The molecule has 1 unspecified atom stereocenters. The molecular weight excluding hydrogens is 170 g/mol. The van der Waals surface area contributed by atoms with Crippen molar-refractivity contribution >= 4 is 5.97 Å². The van der Waals surface area contributed by atoms with Gasteiger partial charge in [0.2, 0.25) is 0 Å². The van der Waals surface area contributed by atoms with Gasteiger partial charge in [0.1, 0.15) is 0 Å². The number of aromatic nitrogens is 2. The molecule has 0 amide bonds. The van der Waals surface area contributed by atoms with Crippen molar-refractivity contribution in [2.24, 2.45) is 12.8 Å². The van der Waals surface area contributed by atoms with Gasteiger partial charge in [0.15, 0.2) is 5.69 Å². The summed E-state index contributed by atoms with van der Waals surface area (Å²) in [6, 6.07) is -0.0534. The number of carbonyl (C=O) groups is 1. The van der Waals surface area contributed by atoms with Gasteiger partial charge in [-0.1, -0.05) is 0 Å². The number of hydrogen-bond acceptors (Lipinski definition) is 3. The lowest BCUT2D eigenvalue weighted by atomic mass is 10.1. The third-order valence-electron chi connectivity index (χ3n) is 1.65. The number of carboxylic acid groups (broad SMARTS) is 1. The number of nitrogens with two attached hydrogens (primary N) is 1. The van der Waals surface area contributed by atoms with Crippen LogP contribution in [0.1, 0.15) is 23.0 Å². The highest BCUT2D eigenvalue weighted by molar-refractivity contribution is 5.86. The lowest BCUT2D eigenvalue weighted by Crippen LogP contribution is -2.19. The van der Waals surface area contributed by atoms with Crippen molar-refractivity contribution in [2.75, 3.05) is 0 Å². The molecule has 5 nitrogen and oxygen atoms in total. The Kier molecular flexibility index (Phi) is 2.67. The highest BCUT2D eigenvalue weighted by Crippen LogP contribution is 2.08. The van der Waals surface area contributed by atoms with Gasteiger partial charge in [-0.2, -0.15) is 5.10 Å². The van der Waals surface area contributed by atoms with Gasteiger partial charge in [0.25, 0.3) is 0 Å². The Morgan fingerprint density at radius 1 is 1.85 bits per heavy atom. The molecule has 3 N–H and O–H groups in total. The van der Waals surface area contributed by atoms with Crippen molar-refractivity contribution in [3.8, 4) is 0 Å². The fraction of sp³-hybridized carbons (Fsp3) is 0.500. The molecule has 0 radical (unpaired) electrons. The maximum absolute atomic E-state index is 10.7. The van der Waals surface area contributed by atoms with Gasteiger partial charge in [-0.3, -0.25) is 4.68 Å². The fourth-order valence-corrected chi connectivity index (χ4v) is 1.21. The molecule has 5 heteroatoms. The first-order chi connectivity index (χ1) is 6.00. The largest absolute Gasteiger partial charge is 0.476 e. The fourth-order valence-electron chi connectivity index (χ4n) is 1.21. The molecule has 1 aromatic rings. The highest BCUT2D eigenvalue weighted by atomic mass is 16.4. The van der Waals surface area contributed by atoms with Gasteiger partial charge in [-0.05, 0) is 13.3 Å². The standard InChI is InChI=1S/C8H13N3O2/c1-5(9)3-6-4-11(2)10-7(6)8(12)13/h4-5H,3,9H2,1-2H3,(H,12,13). The molecule has 1 atom stereocenters. The average Bonchev–Trinajstić information content (AvgIpc) is 2.29. The van der Waals surface area contributed by atoms with E-state index in [1.54, 1.807) is 13.2 Å². The zero-order valence-corrected chi connectivity index (χ0v) is 7.69. The number of rotatable bonds is 3. The third-order valence-corrected chi connectivity index (χ3v) is 1.65. The Balaban J connectivity index is 2.97. The molecule has 1 heterocycles. The van der Waals surface area contributed by atoms with E-state index in [0.717, 1.165) is 0 Å². The van der Waals surface area contributed by atoms with E-state index < -0.39 is 5.97 Å². The van der Waals surface area contributed by atoms with E-state index in [1.165, 1.54) is 4.68 Å². The minimum absolute atomic E-state index is 0.0534. The quantitative estimate of drug-likeness (QED) is 0.691. The second kappa shape index (κ2) is 3.57. The van der Waals surface area contributed by atoms with Crippen LogP contribution < -0.4 is 5.73 Å². The lowest BCUT2D eigenvalue weighted by Gasteiger charge is -2.01. The second-order valence-electron chi connectivity index (χ2n) is 3.16. The van der Waals surface area contributed by atoms with E-state index in [-0.39, 0.29) is 11.7 Å². The molecule has 0 aliphatic rings. The number of aryl methyl sites for hydroxylation is 1. The van der Waals surface area contributed by atoms with Crippen LogP contribution in [0.25, 0.3) is 0 Å². The smallest absolute Gasteiger partial charge is 0.356 e. The van der Waals surface area contributed by atoms with Crippen LogP contribution >= 0.6 is 0 Å². The minimum atomic E-state index is -1.00. The van der Waals surface area contributed by atoms with Crippen molar-refractivity contribution in [1.29, 1.82) is 0 Å². The van der Waals surface area contributed by atoms with Crippen molar-refractivity contribution in [3.63, 3.8) is 0 Å². The summed E-state index contributed by atoms with van der Waals surface area (Å²) in [7, 11) is 1.69. The Morgan fingerprint density at radius 2 is 2.46 bits per heavy atom. The third kappa shape index (κ3) is 2.29. The second-order valence-corrected chi connectivity index (χ2v) is 3.16. The maximum atomic E-state index is 10.7. The molecule has 1 aromatic heterocycles. The molecule has 0 saturated carbocycles. The Labute approximate surface area is 76.2 Å². The first-order valence-electron chi connectivity index (χ1n) is 4.02. The van der Waals surface area contributed by atoms with Gasteiger partial charge < -0.3 is 10.8 Å².